The van der Waals surface area contributed by atoms with Crippen LogP contribution in [0.5, 0.6) is 0 Å². The van der Waals surface area contributed by atoms with Gasteiger partial charge >= 0.3 is 23.5 Å². The van der Waals surface area contributed by atoms with Crippen LogP contribution in [0, 0.1) is 0 Å². The molecule has 0 bridgehead atoms. The Morgan fingerprint density at radius 1 is 1.05 bits per heavy atom. The summed E-state index contributed by atoms with van der Waals surface area (Å²) in [5, 5.41) is 0. The van der Waals surface area contributed by atoms with Gasteiger partial charge in [-0.25, -0.2) is 19.4 Å². The Labute approximate surface area is 122 Å². The van der Waals surface area contributed by atoms with E-state index in [1.807, 2.05) is 0 Å². The van der Waals surface area contributed by atoms with Crippen molar-refractivity contribution < 1.29 is 33.3 Å². The molecule has 21 heavy (non-hydrogen) atoms. The summed E-state index contributed by atoms with van der Waals surface area (Å²) >= 11 is 0. The summed E-state index contributed by atoms with van der Waals surface area (Å²) in [5.74, 6) is -2.89. The van der Waals surface area contributed by atoms with Crippen LogP contribution >= 0.6 is 0 Å². The topological polar surface area (TPSA) is 100 Å². The third-order valence-corrected chi connectivity index (χ3v) is 2.67. The van der Waals surface area contributed by atoms with Crippen molar-refractivity contribution in [1.29, 1.82) is 0 Å². The SMILES string of the molecule is CCOC(=O)C1N=C(C)OC1(C(=O)OCC)C(=O)OCC. The van der Waals surface area contributed by atoms with Crippen molar-refractivity contribution in [3.8, 4) is 0 Å². The molecule has 1 rings (SSSR count). The molecule has 1 aliphatic rings. The van der Waals surface area contributed by atoms with Crippen LogP contribution in [-0.4, -0.2) is 55.3 Å². The normalized spacial score (nSPS) is 19.2. The van der Waals surface area contributed by atoms with Gasteiger partial charge < -0.3 is 18.9 Å². The van der Waals surface area contributed by atoms with Gasteiger partial charge in [-0.05, 0) is 20.8 Å². The largest absolute Gasteiger partial charge is 0.464 e. The quantitative estimate of drug-likeness (QED) is 0.393. The zero-order valence-corrected chi connectivity index (χ0v) is 12.5. The molecule has 0 fully saturated rings. The number of rotatable bonds is 6. The first-order valence-corrected chi connectivity index (χ1v) is 6.68. The van der Waals surface area contributed by atoms with Crippen molar-refractivity contribution in [3.63, 3.8) is 0 Å². The third kappa shape index (κ3) is 3.14. The number of ether oxygens (including phenoxy) is 4. The Balaban J connectivity index is 3.24. The minimum atomic E-state index is -2.28. The number of nitrogens with zero attached hydrogens (tertiary/aromatic N) is 1. The van der Waals surface area contributed by atoms with Crippen molar-refractivity contribution in [3.05, 3.63) is 0 Å². The van der Waals surface area contributed by atoms with Crippen LogP contribution in [0.25, 0.3) is 0 Å². The number of hydrogen-bond donors (Lipinski definition) is 0. The molecule has 0 saturated heterocycles. The summed E-state index contributed by atoms with van der Waals surface area (Å²) in [6, 6.07) is -1.48. The Kier molecular flexibility index (Phi) is 5.69. The highest BCUT2D eigenvalue weighted by Gasteiger charge is 2.65. The van der Waals surface area contributed by atoms with Crippen LogP contribution in [0.2, 0.25) is 0 Å². The van der Waals surface area contributed by atoms with Gasteiger partial charge in [-0.2, -0.15) is 0 Å². The van der Waals surface area contributed by atoms with E-state index in [1.54, 1.807) is 20.8 Å². The van der Waals surface area contributed by atoms with Gasteiger partial charge in [0, 0.05) is 6.92 Å². The van der Waals surface area contributed by atoms with E-state index < -0.39 is 29.6 Å². The van der Waals surface area contributed by atoms with Gasteiger partial charge in [0.05, 0.1) is 19.8 Å². The van der Waals surface area contributed by atoms with Crippen LogP contribution in [0.3, 0.4) is 0 Å². The predicted octanol–water partition coefficient (Wildman–Crippen LogP) is 0.232. The lowest BCUT2D eigenvalue weighted by Gasteiger charge is -2.27. The van der Waals surface area contributed by atoms with Gasteiger partial charge in [0.2, 0.25) is 6.04 Å². The number of hydrogen-bond acceptors (Lipinski definition) is 8. The maximum atomic E-state index is 12.2. The number of aliphatic imine (C=N–C) groups is 1. The highest BCUT2D eigenvalue weighted by Crippen LogP contribution is 2.30. The van der Waals surface area contributed by atoms with E-state index >= 15 is 0 Å². The van der Waals surface area contributed by atoms with Crippen molar-refractivity contribution in [2.24, 2.45) is 4.99 Å². The molecule has 0 aromatic heterocycles. The second kappa shape index (κ2) is 7.05. The second-order valence-corrected chi connectivity index (χ2v) is 4.08. The molecular formula is C13H19NO7. The van der Waals surface area contributed by atoms with Crippen LogP contribution in [0.15, 0.2) is 4.99 Å². The molecule has 1 aliphatic heterocycles. The van der Waals surface area contributed by atoms with Crippen LogP contribution in [0.1, 0.15) is 27.7 Å². The fraction of sp³-hybridized carbons (Fsp3) is 0.692. The van der Waals surface area contributed by atoms with Crippen molar-refractivity contribution in [2.45, 2.75) is 39.3 Å². The molecule has 0 aromatic carbocycles. The lowest BCUT2D eigenvalue weighted by molar-refractivity contribution is -0.185. The molecule has 0 aliphatic carbocycles. The molecule has 0 spiro atoms. The van der Waals surface area contributed by atoms with Gasteiger partial charge in [0.15, 0.2) is 5.90 Å². The number of esters is 3. The van der Waals surface area contributed by atoms with E-state index in [1.165, 1.54) is 6.92 Å². The lowest BCUT2D eigenvalue weighted by atomic mass is 9.95. The first kappa shape index (κ1) is 16.9. The third-order valence-electron chi connectivity index (χ3n) is 2.67. The highest BCUT2D eigenvalue weighted by molar-refractivity contribution is 6.12. The van der Waals surface area contributed by atoms with Gasteiger partial charge in [0.1, 0.15) is 0 Å². The number of carbonyl (C=O) groups excluding carboxylic acids is 3. The molecule has 0 N–H and O–H groups in total. The molecule has 0 saturated carbocycles. The van der Waals surface area contributed by atoms with Gasteiger partial charge in [-0.1, -0.05) is 0 Å². The summed E-state index contributed by atoms with van der Waals surface area (Å²) in [5.41, 5.74) is -2.28. The second-order valence-electron chi connectivity index (χ2n) is 4.08. The molecule has 8 nitrogen and oxygen atoms in total. The van der Waals surface area contributed by atoms with Crippen LogP contribution < -0.4 is 0 Å². The van der Waals surface area contributed by atoms with Crippen LogP contribution in [0.4, 0.5) is 0 Å². The Bertz CT molecular complexity index is 439. The number of carbonyl (C=O) groups is 3. The molecule has 1 atom stereocenters. The Hall–Kier alpha value is -2.12. The van der Waals surface area contributed by atoms with Gasteiger partial charge in [0.25, 0.3) is 0 Å². The van der Waals surface area contributed by atoms with Gasteiger partial charge in [-0.15, -0.1) is 0 Å². The molecule has 0 radical (unpaired) electrons. The highest BCUT2D eigenvalue weighted by atomic mass is 16.6. The standard InChI is InChI=1S/C13H19NO7/c1-5-18-10(15)9-13(11(16)19-6-2,12(17)20-7-3)21-8(4)14-9/h9H,5-7H2,1-4H3. The molecule has 1 unspecified atom stereocenters. The van der Waals surface area contributed by atoms with E-state index in [-0.39, 0.29) is 25.7 Å². The van der Waals surface area contributed by atoms with E-state index in [0.717, 1.165) is 0 Å². The van der Waals surface area contributed by atoms with E-state index in [0.29, 0.717) is 0 Å². The molecule has 118 valence electrons. The van der Waals surface area contributed by atoms with E-state index in [4.69, 9.17) is 18.9 Å². The lowest BCUT2D eigenvalue weighted by Crippen LogP contribution is -2.59. The molecule has 0 aromatic rings. The zero-order chi connectivity index (χ0) is 16.0. The summed E-state index contributed by atoms with van der Waals surface area (Å²) in [6.45, 7) is 6.26. The minimum Gasteiger partial charge on any atom is -0.464 e. The van der Waals surface area contributed by atoms with Crippen LogP contribution in [-0.2, 0) is 33.3 Å². The predicted molar refractivity (Wildman–Crippen MR) is 70.6 cm³/mol. The Morgan fingerprint density at radius 2 is 1.52 bits per heavy atom. The average Bonchev–Trinajstić information content (AvgIpc) is 2.78. The molecule has 0 amide bonds. The monoisotopic (exact) mass is 301 g/mol. The summed E-state index contributed by atoms with van der Waals surface area (Å²) in [6.07, 6.45) is 0. The fourth-order valence-corrected chi connectivity index (χ4v) is 1.89. The zero-order valence-electron chi connectivity index (χ0n) is 12.5. The molecule has 8 heteroatoms. The van der Waals surface area contributed by atoms with Crippen molar-refractivity contribution in [2.75, 3.05) is 19.8 Å². The smallest absolute Gasteiger partial charge is 0.365 e. The Morgan fingerprint density at radius 3 is 1.95 bits per heavy atom. The van der Waals surface area contributed by atoms with Crippen molar-refractivity contribution in [1.82, 2.24) is 0 Å². The molecular weight excluding hydrogens is 282 g/mol. The fourth-order valence-electron chi connectivity index (χ4n) is 1.89. The van der Waals surface area contributed by atoms with Crippen molar-refractivity contribution >= 4 is 23.8 Å². The maximum Gasteiger partial charge on any atom is 0.365 e. The van der Waals surface area contributed by atoms with E-state index in [9.17, 15) is 14.4 Å². The first-order valence-electron chi connectivity index (χ1n) is 6.68. The minimum absolute atomic E-state index is 0.00848. The first-order chi connectivity index (χ1) is 9.93. The summed E-state index contributed by atoms with van der Waals surface area (Å²) < 4.78 is 19.8. The maximum absolute atomic E-state index is 12.2. The van der Waals surface area contributed by atoms with E-state index in [2.05, 4.69) is 4.99 Å². The average molecular weight is 301 g/mol. The summed E-state index contributed by atoms with van der Waals surface area (Å²) in [7, 11) is 0. The summed E-state index contributed by atoms with van der Waals surface area (Å²) in [4.78, 5) is 40.3. The van der Waals surface area contributed by atoms with Gasteiger partial charge in [-0.3, -0.25) is 0 Å². The molecule has 1 heterocycles.